The first kappa shape index (κ1) is 14.3. The average Bonchev–Trinajstić information content (AvgIpc) is 3.08. The van der Waals surface area contributed by atoms with E-state index in [1.165, 1.54) is 37.8 Å². The van der Waals surface area contributed by atoms with E-state index in [0.29, 0.717) is 0 Å². The summed E-state index contributed by atoms with van der Waals surface area (Å²) in [5, 5.41) is 6.58. The van der Waals surface area contributed by atoms with Crippen LogP contribution >= 0.6 is 11.3 Å². The van der Waals surface area contributed by atoms with Crippen LogP contribution in [0.1, 0.15) is 44.7 Å². The molecule has 2 heterocycles. The molecule has 2 aromatic heterocycles. The van der Waals surface area contributed by atoms with Crippen LogP contribution in [-0.4, -0.2) is 16.1 Å². The third-order valence-corrected chi connectivity index (χ3v) is 3.99. The Morgan fingerprint density at radius 1 is 1.26 bits per heavy atom. The Hall–Kier alpha value is -1.13. The summed E-state index contributed by atoms with van der Waals surface area (Å²) in [7, 11) is 0. The second-order valence-corrected chi connectivity index (χ2v) is 5.65. The van der Waals surface area contributed by atoms with Crippen LogP contribution in [0.3, 0.4) is 0 Å². The number of hydrogen-bond acceptors (Lipinski definition) is 3. The Morgan fingerprint density at radius 3 is 2.95 bits per heavy atom. The van der Waals surface area contributed by atoms with Crippen molar-refractivity contribution in [1.82, 2.24) is 14.9 Å². The standard InChI is InChI=1S/C15H23N3S/c1-2-3-4-5-6-9-16-13-14-8-7-11-18(14)15-17-10-12-19-15/h7-8,10-12,16H,2-6,9,13H2,1H3. The summed E-state index contributed by atoms with van der Waals surface area (Å²) in [4.78, 5) is 4.35. The summed E-state index contributed by atoms with van der Waals surface area (Å²) in [5.41, 5.74) is 1.28. The smallest absolute Gasteiger partial charge is 0.193 e. The molecule has 0 unspecified atom stereocenters. The van der Waals surface area contributed by atoms with Crippen molar-refractivity contribution < 1.29 is 0 Å². The van der Waals surface area contributed by atoms with E-state index in [1.54, 1.807) is 11.3 Å². The van der Waals surface area contributed by atoms with E-state index < -0.39 is 0 Å². The minimum absolute atomic E-state index is 0.917. The first-order valence-corrected chi connectivity index (χ1v) is 8.06. The summed E-state index contributed by atoms with van der Waals surface area (Å²) in [6.45, 7) is 4.28. The zero-order chi connectivity index (χ0) is 13.3. The highest BCUT2D eigenvalue weighted by Gasteiger charge is 2.04. The molecule has 0 saturated heterocycles. The molecule has 0 spiro atoms. The van der Waals surface area contributed by atoms with Crippen molar-refractivity contribution in [2.24, 2.45) is 0 Å². The molecular formula is C15H23N3S. The van der Waals surface area contributed by atoms with Gasteiger partial charge in [-0.05, 0) is 25.1 Å². The molecule has 0 fully saturated rings. The van der Waals surface area contributed by atoms with Crippen LogP contribution in [0.4, 0.5) is 0 Å². The van der Waals surface area contributed by atoms with Gasteiger partial charge in [-0.3, -0.25) is 4.57 Å². The van der Waals surface area contributed by atoms with Crippen LogP contribution in [-0.2, 0) is 6.54 Å². The molecule has 0 aliphatic rings. The second kappa shape index (κ2) is 8.12. The largest absolute Gasteiger partial charge is 0.311 e. The van der Waals surface area contributed by atoms with Gasteiger partial charge in [0.15, 0.2) is 5.13 Å². The molecule has 0 amide bonds. The molecule has 0 aromatic carbocycles. The maximum atomic E-state index is 4.35. The van der Waals surface area contributed by atoms with Gasteiger partial charge in [-0.1, -0.05) is 32.6 Å². The van der Waals surface area contributed by atoms with Crippen molar-refractivity contribution >= 4 is 11.3 Å². The van der Waals surface area contributed by atoms with Crippen molar-refractivity contribution in [2.45, 2.75) is 45.6 Å². The Kier molecular flexibility index (Phi) is 6.11. The van der Waals surface area contributed by atoms with Crippen LogP contribution in [0.25, 0.3) is 5.13 Å². The lowest BCUT2D eigenvalue weighted by atomic mass is 10.1. The lowest BCUT2D eigenvalue weighted by Gasteiger charge is -2.07. The minimum Gasteiger partial charge on any atom is -0.311 e. The Bertz CT molecular complexity index is 448. The number of hydrogen-bond donors (Lipinski definition) is 1. The van der Waals surface area contributed by atoms with Crippen LogP contribution in [0.2, 0.25) is 0 Å². The van der Waals surface area contributed by atoms with Gasteiger partial charge >= 0.3 is 0 Å². The highest BCUT2D eigenvalue weighted by Crippen LogP contribution is 2.14. The molecule has 2 aromatic rings. The van der Waals surface area contributed by atoms with Gasteiger partial charge in [0, 0.05) is 30.0 Å². The number of nitrogens with one attached hydrogen (secondary N) is 1. The normalized spacial score (nSPS) is 11.0. The van der Waals surface area contributed by atoms with Gasteiger partial charge in [-0.2, -0.15) is 0 Å². The van der Waals surface area contributed by atoms with Crippen LogP contribution in [0, 0.1) is 0 Å². The van der Waals surface area contributed by atoms with E-state index >= 15 is 0 Å². The first-order valence-electron chi connectivity index (χ1n) is 7.18. The molecule has 0 aliphatic carbocycles. The van der Waals surface area contributed by atoms with Gasteiger partial charge in [0.2, 0.25) is 0 Å². The van der Waals surface area contributed by atoms with E-state index in [0.717, 1.165) is 18.2 Å². The molecule has 3 nitrogen and oxygen atoms in total. The van der Waals surface area contributed by atoms with Crippen molar-refractivity contribution in [3.63, 3.8) is 0 Å². The highest BCUT2D eigenvalue weighted by atomic mass is 32.1. The van der Waals surface area contributed by atoms with E-state index in [9.17, 15) is 0 Å². The average molecular weight is 277 g/mol. The third kappa shape index (κ3) is 4.48. The molecule has 0 bridgehead atoms. The third-order valence-electron chi connectivity index (χ3n) is 3.22. The first-order chi connectivity index (χ1) is 9.42. The summed E-state index contributed by atoms with van der Waals surface area (Å²) < 4.78 is 2.16. The lowest BCUT2D eigenvalue weighted by Crippen LogP contribution is -2.16. The van der Waals surface area contributed by atoms with Gasteiger partial charge in [0.05, 0.1) is 0 Å². The number of aromatic nitrogens is 2. The number of thiazole rings is 1. The van der Waals surface area contributed by atoms with Gasteiger partial charge < -0.3 is 5.32 Å². The second-order valence-electron chi connectivity index (χ2n) is 4.78. The maximum absolute atomic E-state index is 4.35. The predicted octanol–water partition coefficient (Wildman–Crippen LogP) is 3.99. The highest BCUT2D eigenvalue weighted by molar-refractivity contribution is 7.12. The summed E-state index contributed by atoms with van der Waals surface area (Å²) >= 11 is 1.67. The molecule has 104 valence electrons. The van der Waals surface area contributed by atoms with Gasteiger partial charge in [0.1, 0.15) is 0 Å². The molecule has 2 rings (SSSR count). The van der Waals surface area contributed by atoms with Crippen molar-refractivity contribution in [3.8, 4) is 5.13 Å². The monoisotopic (exact) mass is 277 g/mol. The van der Waals surface area contributed by atoms with Gasteiger partial charge in [-0.15, -0.1) is 11.3 Å². The molecule has 0 saturated carbocycles. The molecule has 0 radical (unpaired) electrons. The van der Waals surface area contributed by atoms with E-state index in [2.05, 4.69) is 40.1 Å². The number of unbranched alkanes of at least 4 members (excludes halogenated alkanes) is 4. The number of nitrogens with zero attached hydrogens (tertiary/aromatic N) is 2. The molecule has 0 aliphatic heterocycles. The maximum Gasteiger partial charge on any atom is 0.193 e. The van der Waals surface area contributed by atoms with Crippen molar-refractivity contribution in [3.05, 3.63) is 35.6 Å². The van der Waals surface area contributed by atoms with E-state index in [-0.39, 0.29) is 0 Å². The van der Waals surface area contributed by atoms with Crippen molar-refractivity contribution in [1.29, 1.82) is 0 Å². The predicted molar refractivity (Wildman–Crippen MR) is 81.9 cm³/mol. The van der Waals surface area contributed by atoms with Crippen molar-refractivity contribution in [2.75, 3.05) is 6.54 Å². The Morgan fingerprint density at radius 2 is 2.16 bits per heavy atom. The molecule has 4 heteroatoms. The quantitative estimate of drug-likeness (QED) is 0.702. The number of rotatable bonds is 9. The zero-order valence-corrected chi connectivity index (χ0v) is 12.5. The van der Waals surface area contributed by atoms with Crippen LogP contribution in [0.15, 0.2) is 29.9 Å². The summed E-state index contributed by atoms with van der Waals surface area (Å²) in [6.07, 6.45) is 10.6. The summed E-state index contributed by atoms with van der Waals surface area (Å²) in [5.74, 6) is 0. The van der Waals surface area contributed by atoms with E-state index in [1.807, 2.05) is 11.6 Å². The molecular weight excluding hydrogens is 254 g/mol. The fraction of sp³-hybridized carbons (Fsp3) is 0.533. The molecule has 19 heavy (non-hydrogen) atoms. The molecule has 1 N–H and O–H groups in total. The zero-order valence-electron chi connectivity index (χ0n) is 11.6. The minimum atomic E-state index is 0.917. The van der Waals surface area contributed by atoms with E-state index in [4.69, 9.17) is 0 Å². The molecule has 0 atom stereocenters. The lowest BCUT2D eigenvalue weighted by molar-refractivity contribution is 0.577. The summed E-state index contributed by atoms with van der Waals surface area (Å²) in [6, 6.07) is 4.24. The fourth-order valence-electron chi connectivity index (χ4n) is 2.15. The Labute approximate surface area is 119 Å². The van der Waals surface area contributed by atoms with Gasteiger partial charge in [0.25, 0.3) is 0 Å². The Balaban J connectivity index is 1.71. The van der Waals surface area contributed by atoms with Gasteiger partial charge in [-0.25, -0.2) is 4.98 Å². The SMILES string of the molecule is CCCCCCCNCc1cccn1-c1nccs1. The fourth-order valence-corrected chi connectivity index (χ4v) is 2.81. The van der Waals surface area contributed by atoms with Crippen LogP contribution < -0.4 is 5.32 Å². The topological polar surface area (TPSA) is 29.9 Å². The van der Waals surface area contributed by atoms with Crippen LogP contribution in [0.5, 0.6) is 0 Å².